The molecule has 0 spiro atoms. The average Bonchev–Trinajstić information content (AvgIpc) is 2.81. The Bertz CT molecular complexity index is 650. The number of carbonyl (C=O) groups is 4. The Labute approximate surface area is 201 Å². The summed E-state index contributed by atoms with van der Waals surface area (Å²) in [6.07, 6.45) is -1.56. The molecule has 0 aromatic heterocycles. The van der Waals surface area contributed by atoms with Gasteiger partial charge in [0, 0.05) is 25.7 Å². The Morgan fingerprint density at radius 2 is 1.18 bits per heavy atom. The number of rotatable bonds is 15. The van der Waals surface area contributed by atoms with Crippen LogP contribution in [-0.4, -0.2) is 66.3 Å². The van der Waals surface area contributed by atoms with Gasteiger partial charge < -0.3 is 28.8 Å². The van der Waals surface area contributed by atoms with Gasteiger partial charge in [0.2, 0.25) is 0 Å². The molecule has 0 unspecified atom stereocenters. The van der Waals surface area contributed by atoms with Crippen molar-refractivity contribution in [3.8, 4) is 0 Å². The number of hydrogen-bond acceptors (Lipinski definition) is 10. The molecule has 1 aliphatic rings. The maximum absolute atomic E-state index is 12.5. The van der Waals surface area contributed by atoms with Crippen molar-refractivity contribution >= 4 is 23.9 Å². The van der Waals surface area contributed by atoms with Crippen LogP contribution in [0, 0.1) is 0 Å². The van der Waals surface area contributed by atoms with E-state index in [0.29, 0.717) is 12.8 Å². The molecule has 196 valence electrons. The molecule has 5 atom stereocenters. The Hall–Kier alpha value is -2.20. The van der Waals surface area contributed by atoms with Crippen LogP contribution in [0.15, 0.2) is 0 Å². The lowest BCUT2D eigenvalue weighted by molar-refractivity contribution is -0.297. The van der Waals surface area contributed by atoms with Crippen molar-refractivity contribution in [2.45, 2.75) is 123 Å². The lowest BCUT2D eigenvalue weighted by Crippen LogP contribution is -2.62. The molecule has 0 aromatic rings. The molecule has 0 saturated carbocycles. The first kappa shape index (κ1) is 29.8. The summed E-state index contributed by atoms with van der Waals surface area (Å²) in [6, 6.07) is 0. The number of carbonyl (C=O) groups excluding carboxylic acids is 4. The van der Waals surface area contributed by atoms with Crippen LogP contribution in [0.1, 0.15) is 91.9 Å². The second-order valence-electron chi connectivity index (χ2n) is 8.23. The van der Waals surface area contributed by atoms with Crippen molar-refractivity contribution in [3.05, 3.63) is 0 Å². The minimum Gasteiger partial charge on any atom is -0.463 e. The van der Waals surface area contributed by atoms with Gasteiger partial charge in [0.05, 0.1) is 0 Å². The van der Waals surface area contributed by atoms with Crippen LogP contribution >= 0.6 is 0 Å². The van der Waals surface area contributed by atoms with E-state index in [4.69, 9.17) is 23.7 Å². The molecule has 1 heterocycles. The van der Waals surface area contributed by atoms with Gasteiger partial charge in [0.15, 0.2) is 24.6 Å². The molecular weight excluding hydrogens is 448 g/mol. The second kappa shape index (κ2) is 16.4. The third kappa shape index (κ3) is 10.4. The molecule has 0 bridgehead atoms. The van der Waals surface area contributed by atoms with Crippen LogP contribution in [0.2, 0.25) is 0 Å². The monoisotopic (exact) mass is 488 g/mol. The van der Waals surface area contributed by atoms with Crippen LogP contribution < -0.4 is 0 Å². The van der Waals surface area contributed by atoms with Gasteiger partial charge in [-0.05, 0) is 12.8 Å². The van der Waals surface area contributed by atoms with E-state index in [1.54, 1.807) is 13.8 Å². The molecule has 1 aliphatic heterocycles. The van der Waals surface area contributed by atoms with Gasteiger partial charge in [-0.25, -0.2) is 0 Å². The van der Waals surface area contributed by atoms with Gasteiger partial charge in [-0.15, -0.1) is 0 Å². The van der Waals surface area contributed by atoms with Crippen LogP contribution in [0.3, 0.4) is 0 Å². The average molecular weight is 489 g/mol. The molecule has 10 nitrogen and oxygen atoms in total. The third-order valence-corrected chi connectivity index (χ3v) is 5.37. The molecule has 0 radical (unpaired) electrons. The van der Waals surface area contributed by atoms with Crippen molar-refractivity contribution < 1.29 is 48.0 Å². The fraction of sp³-hybridized carbons (Fsp3) is 0.833. The van der Waals surface area contributed by atoms with E-state index in [0.717, 1.165) is 25.7 Å². The normalized spacial score (nSPS) is 24.2. The first-order valence-corrected chi connectivity index (χ1v) is 12.3. The number of esters is 4. The highest BCUT2D eigenvalue weighted by Crippen LogP contribution is 2.29. The van der Waals surface area contributed by atoms with Gasteiger partial charge in [0.25, 0.3) is 0 Å². The Morgan fingerprint density at radius 1 is 0.676 bits per heavy atom. The zero-order chi connectivity index (χ0) is 25.5. The molecule has 1 N–H and O–H groups in total. The quantitative estimate of drug-likeness (QED) is 0.208. The highest BCUT2D eigenvalue weighted by atomic mass is 16.7. The summed E-state index contributed by atoms with van der Waals surface area (Å²) in [5.41, 5.74) is 0. The SMILES string of the molecule is CCCCCC(=O)OC[C@H]1O[C@H](O)[C@@H](OC(=O)CC)[C@@H](OC(=O)CC)[C@@H]1OC(=O)CCCCC. The summed E-state index contributed by atoms with van der Waals surface area (Å²) in [5, 5.41) is 10.5. The van der Waals surface area contributed by atoms with Gasteiger partial charge in [-0.3, -0.25) is 19.2 Å². The van der Waals surface area contributed by atoms with Crippen LogP contribution in [0.5, 0.6) is 0 Å². The number of aliphatic hydroxyl groups excluding tert-OH is 1. The maximum atomic E-state index is 12.5. The number of hydrogen-bond donors (Lipinski definition) is 1. The molecule has 0 aromatic carbocycles. The smallest absolute Gasteiger partial charge is 0.306 e. The predicted octanol–water partition coefficient (Wildman–Crippen LogP) is 2.96. The lowest BCUT2D eigenvalue weighted by atomic mass is 9.98. The molecule has 1 fully saturated rings. The fourth-order valence-corrected chi connectivity index (χ4v) is 3.40. The van der Waals surface area contributed by atoms with Crippen molar-refractivity contribution in [1.82, 2.24) is 0 Å². The van der Waals surface area contributed by atoms with Crippen molar-refractivity contribution in [2.75, 3.05) is 6.61 Å². The van der Waals surface area contributed by atoms with Crippen LogP contribution in [0.25, 0.3) is 0 Å². The second-order valence-corrected chi connectivity index (χ2v) is 8.23. The topological polar surface area (TPSA) is 135 Å². The van der Waals surface area contributed by atoms with Gasteiger partial charge in [-0.1, -0.05) is 53.4 Å². The van der Waals surface area contributed by atoms with E-state index in [9.17, 15) is 24.3 Å². The van der Waals surface area contributed by atoms with Crippen LogP contribution in [-0.2, 0) is 42.9 Å². The summed E-state index contributed by atoms with van der Waals surface area (Å²) in [5.74, 6) is -2.31. The predicted molar refractivity (Wildman–Crippen MR) is 120 cm³/mol. The molecule has 1 saturated heterocycles. The first-order chi connectivity index (χ1) is 16.3. The van der Waals surface area contributed by atoms with E-state index >= 15 is 0 Å². The van der Waals surface area contributed by atoms with Gasteiger partial charge >= 0.3 is 23.9 Å². The van der Waals surface area contributed by atoms with E-state index in [-0.39, 0.29) is 32.3 Å². The number of ether oxygens (including phenoxy) is 5. The Kier molecular flexibility index (Phi) is 14.4. The molecule has 0 amide bonds. The van der Waals surface area contributed by atoms with Crippen molar-refractivity contribution in [1.29, 1.82) is 0 Å². The lowest BCUT2D eigenvalue weighted by Gasteiger charge is -2.42. The molecule has 34 heavy (non-hydrogen) atoms. The minimum atomic E-state index is -1.68. The standard InChI is InChI=1S/C24H40O10/c1-5-9-11-13-19(27)30-15-16-21(34-20(28)14-12-10-6-2)22(32-17(25)7-3)23(24(29)31-16)33-18(26)8-4/h16,21-24,29H,5-15H2,1-4H3/t16-,21-,22+,23+,24+/m1/s1. The van der Waals surface area contributed by atoms with E-state index in [1.807, 2.05) is 13.8 Å². The summed E-state index contributed by atoms with van der Waals surface area (Å²) >= 11 is 0. The summed E-state index contributed by atoms with van der Waals surface area (Å²) in [4.78, 5) is 48.7. The van der Waals surface area contributed by atoms with Crippen LogP contribution in [0.4, 0.5) is 0 Å². The fourth-order valence-electron chi connectivity index (χ4n) is 3.40. The Balaban J connectivity index is 3.09. The summed E-state index contributed by atoms with van der Waals surface area (Å²) in [6.45, 7) is 6.83. The molecule has 1 rings (SSSR count). The maximum Gasteiger partial charge on any atom is 0.306 e. The van der Waals surface area contributed by atoms with E-state index < -0.39 is 54.6 Å². The van der Waals surface area contributed by atoms with Crippen molar-refractivity contribution in [2.24, 2.45) is 0 Å². The summed E-state index contributed by atoms with van der Waals surface area (Å²) < 4.78 is 27.1. The zero-order valence-electron chi connectivity index (χ0n) is 20.8. The molecule has 10 heteroatoms. The van der Waals surface area contributed by atoms with E-state index in [1.165, 1.54) is 0 Å². The van der Waals surface area contributed by atoms with Crippen molar-refractivity contribution in [3.63, 3.8) is 0 Å². The number of unbranched alkanes of at least 4 members (excludes halogenated alkanes) is 4. The highest BCUT2D eigenvalue weighted by molar-refractivity contribution is 5.71. The molecule has 0 aliphatic carbocycles. The van der Waals surface area contributed by atoms with Gasteiger partial charge in [0.1, 0.15) is 12.7 Å². The summed E-state index contributed by atoms with van der Waals surface area (Å²) in [7, 11) is 0. The highest BCUT2D eigenvalue weighted by Gasteiger charge is 2.52. The third-order valence-electron chi connectivity index (χ3n) is 5.37. The van der Waals surface area contributed by atoms with E-state index in [2.05, 4.69) is 0 Å². The van der Waals surface area contributed by atoms with Gasteiger partial charge in [-0.2, -0.15) is 0 Å². The first-order valence-electron chi connectivity index (χ1n) is 12.3. The number of aliphatic hydroxyl groups is 1. The Morgan fingerprint density at radius 3 is 1.71 bits per heavy atom. The minimum absolute atomic E-state index is 0.0101. The largest absolute Gasteiger partial charge is 0.463 e. The zero-order valence-corrected chi connectivity index (χ0v) is 20.8. The molecular formula is C24H40O10.